The van der Waals surface area contributed by atoms with Gasteiger partial charge < -0.3 is 0 Å². The molecular weight excluding hydrogens is 199 g/mol. The normalized spacial score (nSPS) is 10.4. The van der Waals surface area contributed by atoms with E-state index in [4.69, 9.17) is 0 Å². The van der Waals surface area contributed by atoms with Crippen LogP contribution in [0.1, 0.15) is 43.7 Å². The van der Waals surface area contributed by atoms with Gasteiger partial charge in [0.15, 0.2) is 0 Å². The summed E-state index contributed by atoms with van der Waals surface area (Å²) in [5, 5.41) is 0. The Morgan fingerprint density at radius 2 is 2.06 bits per heavy atom. The van der Waals surface area contributed by atoms with Gasteiger partial charge in [-0.05, 0) is 42.9 Å². The Morgan fingerprint density at radius 1 is 1.25 bits per heavy atom. The first-order valence-corrected chi connectivity index (χ1v) is 6.16. The zero-order valence-corrected chi connectivity index (χ0v) is 10.1. The van der Waals surface area contributed by atoms with Crippen molar-refractivity contribution in [1.29, 1.82) is 0 Å². The lowest BCUT2D eigenvalue weighted by Crippen LogP contribution is -1.93. The highest BCUT2D eigenvalue weighted by atomic mass is 19.1. The fraction of sp³-hybridized carbons (Fsp3) is 0.467. The number of hydrogen-bond acceptors (Lipinski definition) is 0. The van der Waals surface area contributed by atoms with Crippen LogP contribution in [-0.4, -0.2) is 0 Å². The number of benzene rings is 1. The van der Waals surface area contributed by atoms with Crippen LogP contribution < -0.4 is 0 Å². The average Bonchev–Trinajstić information content (AvgIpc) is 2.28. The molecule has 1 aromatic rings. The number of aryl methyl sites for hydroxylation is 2. The van der Waals surface area contributed by atoms with E-state index in [-0.39, 0.29) is 5.82 Å². The monoisotopic (exact) mass is 220 g/mol. The molecule has 0 aliphatic heterocycles. The smallest absolute Gasteiger partial charge is 0.126 e. The van der Waals surface area contributed by atoms with E-state index in [1.807, 2.05) is 12.1 Å². The first-order valence-electron chi connectivity index (χ1n) is 6.16. The maximum atomic E-state index is 13.6. The molecule has 0 aliphatic rings. The van der Waals surface area contributed by atoms with Gasteiger partial charge in [-0.25, -0.2) is 4.39 Å². The lowest BCUT2D eigenvalue weighted by molar-refractivity contribution is 0.605. The van der Waals surface area contributed by atoms with E-state index < -0.39 is 0 Å². The standard InChI is InChI=1S/C15H21F/c1-3-5-7-8-13-10-11-14(9-6-4-2)15(16)12-13/h4,10-12H,2-3,5-9H2,1H3. The van der Waals surface area contributed by atoms with Crippen molar-refractivity contribution in [2.75, 3.05) is 0 Å². The molecule has 0 amide bonds. The minimum atomic E-state index is -0.0594. The molecule has 88 valence electrons. The first-order chi connectivity index (χ1) is 7.77. The molecule has 0 fully saturated rings. The maximum Gasteiger partial charge on any atom is 0.126 e. The zero-order chi connectivity index (χ0) is 11.8. The first kappa shape index (κ1) is 13.0. The summed E-state index contributed by atoms with van der Waals surface area (Å²) in [5.74, 6) is -0.0594. The second kappa shape index (κ2) is 7.21. The third kappa shape index (κ3) is 4.18. The van der Waals surface area contributed by atoms with Gasteiger partial charge in [-0.1, -0.05) is 38.0 Å². The molecule has 0 saturated heterocycles. The Bertz CT molecular complexity index is 328. The van der Waals surface area contributed by atoms with E-state index in [2.05, 4.69) is 19.6 Å². The van der Waals surface area contributed by atoms with Gasteiger partial charge in [0, 0.05) is 0 Å². The Balaban J connectivity index is 2.56. The molecule has 0 radical (unpaired) electrons. The highest BCUT2D eigenvalue weighted by Gasteiger charge is 2.02. The Morgan fingerprint density at radius 3 is 2.69 bits per heavy atom. The van der Waals surface area contributed by atoms with Crippen molar-refractivity contribution in [3.63, 3.8) is 0 Å². The van der Waals surface area contributed by atoms with Gasteiger partial charge in [-0.2, -0.15) is 0 Å². The molecule has 0 spiro atoms. The number of hydrogen-bond donors (Lipinski definition) is 0. The highest BCUT2D eigenvalue weighted by molar-refractivity contribution is 5.24. The summed E-state index contributed by atoms with van der Waals surface area (Å²) in [7, 11) is 0. The van der Waals surface area contributed by atoms with Gasteiger partial charge in [-0.15, -0.1) is 6.58 Å². The molecular formula is C15H21F. The molecule has 0 heterocycles. The molecule has 0 aromatic heterocycles. The molecule has 0 nitrogen and oxygen atoms in total. The largest absolute Gasteiger partial charge is 0.207 e. The fourth-order valence-corrected chi connectivity index (χ4v) is 1.79. The highest BCUT2D eigenvalue weighted by Crippen LogP contribution is 2.14. The molecule has 1 heteroatoms. The molecule has 0 aliphatic carbocycles. The van der Waals surface area contributed by atoms with Crippen molar-refractivity contribution in [1.82, 2.24) is 0 Å². The predicted molar refractivity (Wildman–Crippen MR) is 68.1 cm³/mol. The maximum absolute atomic E-state index is 13.6. The van der Waals surface area contributed by atoms with Crippen LogP contribution in [0.3, 0.4) is 0 Å². The van der Waals surface area contributed by atoms with Crippen LogP contribution >= 0.6 is 0 Å². The third-order valence-corrected chi connectivity index (χ3v) is 2.80. The van der Waals surface area contributed by atoms with Crippen LogP contribution in [0.4, 0.5) is 4.39 Å². The lowest BCUT2D eigenvalue weighted by Gasteiger charge is -2.05. The van der Waals surface area contributed by atoms with Crippen molar-refractivity contribution in [2.45, 2.75) is 45.4 Å². The van der Waals surface area contributed by atoms with Crippen LogP contribution in [-0.2, 0) is 12.8 Å². The molecule has 16 heavy (non-hydrogen) atoms. The van der Waals surface area contributed by atoms with E-state index in [1.54, 1.807) is 6.07 Å². The lowest BCUT2D eigenvalue weighted by atomic mass is 10.0. The van der Waals surface area contributed by atoms with Crippen molar-refractivity contribution >= 4 is 0 Å². The van der Waals surface area contributed by atoms with Gasteiger partial charge in [0.2, 0.25) is 0 Å². The summed E-state index contributed by atoms with van der Waals surface area (Å²) in [6, 6.07) is 5.66. The summed E-state index contributed by atoms with van der Waals surface area (Å²) < 4.78 is 13.6. The number of unbranched alkanes of at least 4 members (excludes halogenated alkanes) is 2. The quantitative estimate of drug-likeness (QED) is 0.462. The SMILES string of the molecule is C=CCCc1ccc(CCCCC)cc1F. The fourth-order valence-electron chi connectivity index (χ4n) is 1.79. The van der Waals surface area contributed by atoms with Crippen molar-refractivity contribution < 1.29 is 4.39 Å². The third-order valence-electron chi connectivity index (χ3n) is 2.80. The molecule has 0 saturated carbocycles. The average molecular weight is 220 g/mol. The second-order valence-electron chi connectivity index (χ2n) is 4.21. The topological polar surface area (TPSA) is 0 Å². The van der Waals surface area contributed by atoms with E-state index in [9.17, 15) is 4.39 Å². The van der Waals surface area contributed by atoms with Crippen LogP contribution in [0.2, 0.25) is 0 Å². The minimum absolute atomic E-state index is 0.0594. The Labute approximate surface area is 98.2 Å². The predicted octanol–water partition coefficient (Wildman–Crippen LogP) is 4.68. The van der Waals surface area contributed by atoms with Gasteiger partial charge >= 0.3 is 0 Å². The van der Waals surface area contributed by atoms with Crippen LogP contribution in [0, 0.1) is 5.82 Å². The molecule has 0 bridgehead atoms. The van der Waals surface area contributed by atoms with Crippen molar-refractivity contribution in [3.05, 3.63) is 47.8 Å². The number of allylic oxidation sites excluding steroid dienone is 1. The summed E-state index contributed by atoms with van der Waals surface area (Å²) in [5.41, 5.74) is 1.92. The van der Waals surface area contributed by atoms with E-state index in [1.165, 1.54) is 12.8 Å². The summed E-state index contributed by atoms with van der Waals surface area (Å²) >= 11 is 0. The molecule has 0 unspecified atom stereocenters. The zero-order valence-electron chi connectivity index (χ0n) is 10.1. The van der Waals surface area contributed by atoms with Gasteiger partial charge in [0.05, 0.1) is 0 Å². The summed E-state index contributed by atoms with van der Waals surface area (Å²) in [4.78, 5) is 0. The number of rotatable bonds is 7. The second-order valence-corrected chi connectivity index (χ2v) is 4.21. The van der Waals surface area contributed by atoms with Crippen molar-refractivity contribution in [2.24, 2.45) is 0 Å². The molecule has 1 rings (SSSR count). The van der Waals surface area contributed by atoms with E-state index in [0.29, 0.717) is 0 Å². The molecule has 1 aromatic carbocycles. The Kier molecular flexibility index (Phi) is 5.84. The van der Waals surface area contributed by atoms with E-state index >= 15 is 0 Å². The van der Waals surface area contributed by atoms with Gasteiger partial charge in [0.25, 0.3) is 0 Å². The van der Waals surface area contributed by atoms with Gasteiger partial charge in [0.1, 0.15) is 5.82 Å². The molecule has 0 N–H and O–H groups in total. The van der Waals surface area contributed by atoms with Crippen molar-refractivity contribution in [3.8, 4) is 0 Å². The van der Waals surface area contributed by atoms with Crippen LogP contribution in [0.5, 0.6) is 0 Å². The summed E-state index contributed by atoms with van der Waals surface area (Å²) in [6.45, 7) is 5.83. The van der Waals surface area contributed by atoms with E-state index in [0.717, 1.165) is 36.8 Å². The minimum Gasteiger partial charge on any atom is -0.207 e. The van der Waals surface area contributed by atoms with Crippen LogP contribution in [0.25, 0.3) is 0 Å². The van der Waals surface area contributed by atoms with Crippen LogP contribution in [0.15, 0.2) is 30.9 Å². The van der Waals surface area contributed by atoms with Gasteiger partial charge in [-0.3, -0.25) is 0 Å². The molecule has 0 atom stereocenters. The Hall–Kier alpha value is -1.11. The number of halogens is 1. The summed E-state index contributed by atoms with van der Waals surface area (Å²) in [6.07, 6.45) is 8.00.